The van der Waals surface area contributed by atoms with Crippen molar-refractivity contribution in [3.8, 4) is 0 Å². The van der Waals surface area contributed by atoms with Gasteiger partial charge >= 0.3 is 0 Å². The van der Waals surface area contributed by atoms with E-state index < -0.39 is 0 Å². The number of benzene rings is 2. The molecule has 0 aromatic heterocycles. The first-order chi connectivity index (χ1) is 10.6. The highest BCUT2D eigenvalue weighted by atomic mass is 16.2. The highest BCUT2D eigenvalue weighted by molar-refractivity contribution is 5.84. The molecule has 1 amide bonds. The molecule has 0 saturated heterocycles. The van der Waals surface area contributed by atoms with Gasteiger partial charge in [0.2, 0.25) is 5.91 Å². The van der Waals surface area contributed by atoms with E-state index in [0.29, 0.717) is 6.54 Å². The van der Waals surface area contributed by atoms with Crippen LogP contribution in [0.2, 0.25) is 0 Å². The van der Waals surface area contributed by atoms with Gasteiger partial charge in [-0.25, -0.2) is 0 Å². The minimum absolute atomic E-state index is 0.0865. The molecule has 0 aliphatic carbocycles. The number of aryl methyl sites for hydroxylation is 1. The third-order valence-corrected chi connectivity index (χ3v) is 3.75. The summed E-state index contributed by atoms with van der Waals surface area (Å²) >= 11 is 0. The number of nitrogens with one attached hydrogen (secondary N) is 1. The predicted molar refractivity (Wildman–Crippen MR) is 91.8 cm³/mol. The van der Waals surface area contributed by atoms with Crippen LogP contribution in [-0.2, 0) is 17.8 Å². The van der Waals surface area contributed by atoms with Crippen molar-refractivity contribution >= 4 is 11.6 Å². The average Bonchev–Trinajstić information content (AvgIpc) is 2.55. The molecule has 1 N–H and O–H groups in total. The summed E-state index contributed by atoms with van der Waals surface area (Å²) in [5, 5.41) is 3.27. The van der Waals surface area contributed by atoms with E-state index >= 15 is 0 Å². The van der Waals surface area contributed by atoms with Crippen LogP contribution in [0, 0.1) is 0 Å². The molecule has 0 aliphatic rings. The molecule has 116 valence electrons. The van der Waals surface area contributed by atoms with Crippen LogP contribution in [0.15, 0.2) is 54.6 Å². The Kier molecular flexibility index (Phi) is 5.59. The van der Waals surface area contributed by atoms with E-state index in [-0.39, 0.29) is 11.9 Å². The minimum atomic E-state index is -0.249. The molecule has 0 saturated carbocycles. The Morgan fingerprint density at radius 3 is 2.27 bits per heavy atom. The summed E-state index contributed by atoms with van der Waals surface area (Å²) < 4.78 is 0. The summed E-state index contributed by atoms with van der Waals surface area (Å²) in [7, 11) is 1.84. The van der Waals surface area contributed by atoms with Crippen LogP contribution in [-0.4, -0.2) is 23.9 Å². The number of carbonyl (C=O) groups is 1. The zero-order chi connectivity index (χ0) is 15.9. The highest BCUT2D eigenvalue weighted by Crippen LogP contribution is 2.12. The first-order valence-corrected chi connectivity index (χ1v) is 7.74. The van der Waals surface area contributed by atoms with Crippen LogP contribution in [0.5, 0.6) is 0 Å². The number of carbonyl (C=O) groups excluding carboxylic acids is 1. The van der Waals surface area contributed by atoms with Gasteiger partial charge < -0.3 is 10.2 Å². The zero-order valence-electron chi connectivity index (χ0n) is 13.5. The smallest absolute Gasteiger partial charge is 0.244 e. The Morgan fingerprint density at radius 1 is 1.05 bits per heavy atom. The molecule has 0 aliphatic heterocycles. The number of hydrogen-bond acceptors (Lipinski definition) is 2. The lowest BCUT2D eigenvalue weighted by atomic mass is 10.1. The number of hydrogen-bond donors (Lipinski definition) is 1. The number of nitrogens with zero attached hydrogens (tertiary/aromatic N) is 1. The number of amides is 1. The summed E-state index contributed by atoms with van der Waals surface area (Å²) in [6.07, 6.45) is 1.02. The molecule has 2 rings (SSSR count). The summed E-state index contributed by atoms with van der Waals surface area (Å²) in [4.78, 5) is 14.2. The SMILES string of the molecule is CCc1ccc(N[C@H](C)C(=O)N(C)Cc2ccccc2)cc1. The van der Waals surface area contributed by atoms with Gasteiger partial charge in [0.15, 0.2) is 0 Å². The average molecular weight is 296 g/mol. The highest BCUT2D eigenvalue weighted by Gasteiger charge is 2.17. The molecular formula is C19H24N2O. The van der Waals surface area contributed by atoms with Crippen molar-refractivity contribution in [2.75, 3.05) is 12.4 Å². The van der Waals surface area contributed by atoms with E-state index in [9.17, 15) is 4.79 Å². The monoisotopic (exact) mass is 296 g/mol. The van der Waals surface area contributed by atoms with E-state index in [1.807, 2.05) is 56.4 Å². The van der Waals surface area contributed by atoms with E-state index in [0.717, 1.165) is 17.7 Å². The molecule has 0 bridgehead atoms. The molecule has 1 atom stereocenters. The molecule has 3 heteroatoms. The Labute approximate surface area is 133 Å². The first-order valence-electron chi connectivity index (χ1n) is 7.74. The largest absolute Gasteiger partial charge is 0.374 e. The van der Waals surface area contributed by atoms with E-state index in [4.69, 9.17) is 0 Å². The Morgan fingerprint density at radius 2 is 1.68 bits per heavy atom. The van der Waals surface area contributed by atoms with E-state index in [1.165, 1.54) is 5.56 Å². The van der Waals surface area contributed by atoms with Crippen LogP contribution in [0.1, 0.15) is 25.0 Å². The topological polar surface area (TPSA) is 32.3 Å². The van der Waals surface area contributed by atoms with Crippen LogP contribution in [0.3, 0.4) is 0 Å². The molecule has 2 aromatic rings. The van der Waals surface area contributed by atoms with Gasteiger partial charge in [0.05, 0.1) is 0 Å². The Balaban J connectivity index is 1.93. The fourth-order valence-corrected chi connectivity index (χ4v) is 2.41. The third kappa shape index (κ3) is 4.35. The van der Waals surface area contributed by atoms with Crippen molar-refractivity contribution in [3.63, 3.8) is 0 Å². The van der Waals surface area contributed by atoms with Crippen molar-refractivity contribution in [2.45, 2.75) is 32.9 Å². The fourth-order valence-electron chi connectivity index (χ4n) is 2.41. The lowest BCUT2D eigenvalue weighted by Crippen LogP contribution is -2.38. The van der Waals surface area contributed by atoms with Crippen LogP contribution < -0.4 is 5.32 Å². The molecule has 0 radical (unpaired) electrons. The molecule has 0 spiro atoms. The zero-order valence-corrected chi connectivity index (χ0v) is 13.5. The number of anilines is 1. The third-order valence-electron chi connectivity index (χ3n) is 3.75. The van der Waals surface area contributed by atoms with Gasteiger partial charge in [-0.2, -0.15) is 0 Å². The first kappa shape index (κ1) is 16.1. The molecule has 22 heavy (non-hydrogen) atoms. The normalized spacial score (nSPS) is 11.8. The molecule has 0 unspecified atom stereocenters. The second kappa shape index (κ2) is 7.64. The fraction of sp³-hybridized carbons (Fsp3) is 0.316. The number of rotatable bonds is 6. The quantitative estimate of drug-likeness (QED) is 0.881. The van der Waals surface area contributed by atoms with Gasteiger partial charge in [0, 0.05) is 19.3 Å². The number of likely N-dealkylation sites (N-methyl/N-ethyl adjacent to an activating group) is 1. The van der Waals surface area contributed by atoms with Gasteiger partial charge in [-0.15, -0.1) is 0 Å². The molecule has 3 nitrogen and oxygen atoms in total. The Hall–Kier alpha value is -2.29. The van der Waals surface area contributed by atoms with Crippen LogP contribution in [0.4, 0.5) is 5.69 Å². The second-order valence-electron chi connectivity index (χ2n) is 5.60. The molecular weight excluding hydrogens is 272 g/mol. The van der Waals surface area contributed by atoms with Gasteiger partial charge in [0.25, 0.3) is 0 Å². The van der Waals surface area contributed by atoms with Crippen molar-refractivity contribution in [1.82, 2.24) is 4.90 Å². The molecule has 0 fully saturated rings. The van der Waals surface area contributed by atoms with Crippen LogP contribution >= 0.6 is 0 Å². The minimum Gasteiger partial charge on any atom is -0.374 e. The maximum atomic E-state index is 12.4. The maximum Gasteiger partial charge on any atom is 0.244 e. The van der Waals surface area contributed by atoms with E-state index in [2.05, 4.69) is 24.4 Å². The second-order valence-corrected chi connectivity index (χ2v) is 5.60. The van der Waals surface area contributed by atoms with Crippen molar-refractivity contribution < 1.29 is 4.79 Å². The lowest BCUT2D eigenvalue weighted by Gasteiger charge is -2.23. The summed E-state index contributed by atoms with van der Waals surface area (Å²) in [6, 6.07) is 18.0. The van der Waals surface area contributed by atoms with Gasteiger partial charge in [0.1, 0.15) is 6.04 Å². The van der Waals surface area contributed by atoms with Crippen LogP contribution in [0.25, 0.3) is 0 Å². The maximum absolute atomic E-state index is 12.4. The van der Waals surface area contributed by atoms with Gasteiger partial charge in [-0.05, 0) is 36.6 Å². The van der Waals surface area contributed by atoms with E-state index in [1.54, 1.807) is 4.90 Å². The van der Waals surface area contributed by atoms with Gasteiger partial charge in [-0.3, -0.25) is 4.79 Å². The van der Waals surface area contributed by atoms with Gasteiger partial charge in [-0.1, -0.05) is 49.4 Å². The Bertz CT molecular complexity index is 593. The summed E-state index contributed by atoms with van der Waals surface area (Å²) in [5.74, 6) is 0.0865. The molecule has 2 aromatic carbocycles. The predicted octanol–water partition coefficient (Wildman–Crippen LogP) is 3.71. The van der Waals surface area contributed by atoms with Crippen molar-refractivity contribution in [2.24, 2.45) is 0 Å². The van der Waals surface area contributed by atoms with Crippen molar-refractivity contribution in [3.05, 3.63) is 65.7 Å². The summed E-state index contributed by atoms with van der Waals surface area (Å²) in [5.41, 5.74) is 3.41. The summed E-state index contributed by atoms with van der Waals surface area (Å²) in [6.45, 7) is 4.66. The lowest BCUT2D eigenvalue weighted by molar-refractivity contribution is -0.130. The van der Waals surface area contributed by atoms with Crippen molar-refractivity contribution in [1.29, 1.82) is 0 Å². The standard InChI is InChI=1S/C19H24N2O/c1-4-16-10-12-18(13-11-16)20-15(2)19(22)21(3)14-17-8-6-5-7-9-17/h5-13,15,20H,4,14H2,1-3H3/t15-/m1/s1. The molecule has 0 heterocycles.